The van der Waals surface area contributed by atoms with Crippen molar-refractivity contribution in [3.05, 3.63) is 216 Å². The maximum absolute atomic E-state index is 6.78. The van der Waals surface area contributed by atoms with Crippen LogP contribution in [0.3, 0.4) is 0 Å². The van der Waals surface area contributed by atoms with E-state index in [0.717, 1.165) is 45.3 Å². The van der Waals surface area contributed by atoms with Crippen LogP contribution in [-0.4, -0.2) is 4.57 Å². The van der Waals surface area contributed by atoms with E-state index in [9.17, 15) is 0 Å². The Morgan fingerprint density at radius 3 is 2.03 bits per heavy atom. The van der Waals surface area contributed by atoms with Crippen LogP contribution < -0.4 is 4.90 Å². The Bertz CT molecular complexity index is 3600. The lowest BCUT2D eigenvalue weighted by Gasteiger charge is -2.31. The smallest absolute Gasteiger partial charge is 0.137 e. The molecule has 13 rings (SSSR count). The van der Waals surface area contributed by atoms with Gasteiger partial charge in [-0.25, -0.2) is 0 Å². The third-order valence-electron chi connectivity index (χ3n) is 13.6. The second-order valence-electron chi connectivity index (χ2n) is 17.2. The minimum absolute atomic E-state index is 0.139. The molecule has 0 unspecified atom stereocenters. The lowest BCUT2D eigenvalue weighted by atomic mass is 9.82. The van der Waals surface area contributed by atoms with Crippen molar-refractivity contribution in [1.82, 2.24) is 4.57 Å². The van der Waals surface area contributed by atoms with Crippen LogP contribution in [0.1, 0.15) is 36.1 Å². The fourth-order valence-electron chi connectivity index (χ4n) is 10.8. The molecule has 2 aliphatic carbocycles. The minimum atomic E-state index is -0.139. The van der Waals surface area contributed by atoms with Crippen molar-refractivity contribution in [2.75, 3.05) is 4.90 Å². The predicted molar refractivity (Wildman–Crippen MR) is 254 cm³/mol. The summed E-state index contributed by atoms with van der Waals surface area (Å²) in [6, 6.07) is 71.3. The Morgan fingerprint density at radius 2 is 1.13 bits per heavy atom. The van der Waals surface area contributed by atoms with Gasteiger partial charge in [-0.1, -0.05) is 141 Å². The second-order valence-corrected chi connectivity index (χ2v) is 17.2. The highest BCUT2D eigenvalue weighted by molar-refractivity contribution is 6.16. The summed E-state index contributed by atoms with van der Waals surface area (Å²) in [5.74, 6) is 0. The van der Waals surface area contributed by atoms with Crippen molar-refractivity contribution in [2.24, 2.45) is 0 Å². The van der Waals surface area contributed by atoms with Crippen molar-refractivity contribution in [2.45, 2.75) is 25.7 Å². The van der Waals surface area contributed by atoms with Crippen LogP contribution in [0.4, 0.5) is 17.1 Å². The van der Waals surface area contributed by atoms with Crippen molar-refractivity contribution < 1.29 is 4.42 Å². The summed E-state index contributed by atoms with van der Waals surface area (Å²) in [6.07, 6.45) is 0.880. The first-order valence-electron chi connectivity index (χ1n) is 21.3. The molecule has 2 aliphatic rings. The monoisotopic (exact) mass is 780 g/mol. The molecule has 2 heterocycles. The molecule has 2 aromatic heterocycles. The molecule has 3 nitrogen and oxygen atoms in total. The average molecular weight is 781 g/mol. The molecule has 0 saturated heterocycles. The summed E-state index contributed by atoms with van der Waals surface area (Å²) in [5, 5.41) is 4.69. The summed E-state index contributed by atoms with van der Waals surface area (Å²) in [7, 11) is 0. The molecular formula is C58H40N2O. The van der Waals surface area contributed by atoms with Gasteiger partial charge in [-0.2, -0.15) is 0 Å². The van der Waals surface area contributed by atoms with Crippen molar-refractivity contribution >= 4 is 60.8 Å². The molecule has 0 radical (unpaired) electrons. The molecular weight excluding hydrogens is 741 g/mol. The number of rotatable bonds is 5. The van der Waals surface area contributed by atoms with Crippen LogP contribution in [0.2, 0.25) is 0 Å². The number of nitrogens with zero attached hydrogens (tertiary/aromatic N) is 2. The van der Waals surface area contributed by atoms with Gasteiger partial charge < -0.3 is 13.9 Å². The van der Waals surface area contributed by atoms with Crippen LogP contribution in [0.5, 0.6) is 0 Å². The van der Waals surface area contributed by atoms with Gasteiger partial charge in [-0.05, 0) is 117 Å². The summed E-state index contributed by atoms with van der Waals surface area (Å²) in [4.78, 5) is 2.55. The first-order valence-corrected chi connectivity index (χ1v) is 21.3. The molecule has 0 atom stereocenters. The van der Waals surface area contributed by atoms with E-state index in [1.807, 2.05) is 0 Å². The Morgan fingerprint density at radius 1 is 0.475 bits per heavy atom. The zero-order chi connectivity index (χ0) is 40.4. The molecule has 61 heavy (non-hydrogen) atoms. The second kappa shape index (κ2) is 12.7. The predicted octanol–water partition coefficient (Wildman–Crippen LogP) is 15.7. The first kappa shape index (κ1) is 34.3. The zero-order valence-electron chi connectivity index (χ0n) is 34.0. The van der Waals surface area contributed by atoms with Crippen LogP contribution in [-0.2, 0) is 11.8 Å². The molecule has 0 aliphatic heterocycles. The van der Waals surface area contributed by atoms with E-state index >= 15 is 0 Å². The molecule has 0 fully saturated rings. The largest absolute Gasteiger partial charge is 0.456 e. The molecule has 0 bridgehead atoms. The van der Waals surface area contributed by atoms with Gasteiger partial charge in [0.05, 0.1) is 33.5 Å². The molecule has 0 spiro atoms. The number of hydrogen-bond acceptors (Lipinski definition) is 2. The zero-order valence-corrected chi connectivity index (χ0v) is 34.0. The average Bonchev–Trinajstić information content (AvgIpc) is 4.04. The fraction of sp³-hybridized carbons (Fsp3) is 0.0690. The number of anilines is 3. The van der Waals surface area contributed by atoms with Gasteiger partial charge in [0.25, 0.3) is 0 Å². The van der Waals surface area contributed by atoms with Crippen molar-refractivity contribution in [1.29, 1.82) is 0 Å². The van der Waals surface area contributed by atoms with E-state index in [2.05, 4.69) is 217 Å². The molecule has 9 aromatic carbocycles. The number of para-hydroxylation sites is 2. The van der Waals surface area contributed by atoms with E-state index in [-0.39, 0.29) is 5.41 Å². The standard InChI is InChI=1S/C58H40N2O/c1-58(2)47-22-10-8-20-43(47)56-48(58)23-13-26-52(56)60(50-25-12-21-41-40-18-7-6-15-38(40)35-44(41)50)53-27-14-28-55-57(53)46-34-37(30-32-54(46)61-55)36-29-31-51-45(33-36)42-19-9-11-24-49(42)59(51)39-16-4-3-5-17-39/h3-34H,35H2,1-2H3. The molecule has 0 saturated carbocycles. The third kappa shape index (κ3) is 4.86. The number of furan rings is 1. The first-order chi connectivity index (χ1) is 30.0. The van der Waals surface area contributed by atoms with Gasteiger partial charge in [0.15, 0.2) is 0 Å². The van der Waals surface area contributed by atoms with Gasteiger partial charge in [0.2, 0.25) is 0 Å². The van der Waals surface area contributed by atoms with E-state index < -0.39 is 0 Å². The Kier molecular flexibility index (Phi) is 7.13. The van der Waals surface area contributed by atoms with Gasteiger partial charge in [-0.15, -0.1) is 0 Å². The number of hydrogen-bond donors (Lipinski definition) is 0. The quantitative estimate of drug-likeness (QED) is 0.173. The minimum Gasteiger partial charge on any atom is -0.456 e. The fourth-order valence-corrected chi connectivity index (χ4v) is 10.8. The topological polar surface area (TPSA) is 21.3 Å². The Labute approximate surface area is 354 Å². The summed E-state index contributed by atoms with van der Waals surface area (Å²) in [6.45, 7) is 4.73. The van der Waals surface area contributed by atoms with Gasteiger partial charge >= 0.3 is 0 Å². The maximum atomic E-state index is 6.78. The van der Waals surface area contributed by atoms with Crippen molar-refractivity contribution in [3.63, 3.8) is 0 Å². The van der Waals surface area contributed by atoms with Crippen LogP contribution in [0.15, 0.2) is 199 Å². The molecule has 0 N–H and O–H groups in total. The molecule has 11 aromatic rings. The summed E-state index contributed by atoms with van der Waals surface area (Å²) < 4.78 is 9.16. The lowest BCUT2D eigenvalue weighted by molar-refractivity contribution is 0.660. The highest BCUT2D eigenvalue weighted by Gasteiger charge is 2.38. The highest BCUT2D eigenvalue weighted by atomic mass is 16.3. The summed E-state index contributed by atoms with van der Waals surface area (Å²) in [5.41, 5.74) is 21.6. The SMILES string of the molecule is CC1(C)c2ccccc2-c2c(N(c3cccc4c3Cc3ccccc3-4)c3cccc4oc5ccc(-c6ccc7c(c6)c6ccccc6n7-c6ccccc6)cc5c34)cccc21. The van der Waals surface area contributed by atoms with Gasteiger partial charge in [-0.3, -0.25) is 0 Å². The van der Waals surface area contributed by atoms with Crippen LogP contribution in [0, 0.1) is 0 Å². The van der Waals surface area contributed by atoms with E-state index in [4.69, 9.17) is 4.42 Å². The maximum Gasteiger partial charge on any atom is 0.137 e. The normalized spacial score (nSPS) is 13.5. The number of benzene rings is 9. The highest BCUT2D eigenvalue weighted by Crippen LogP contribution is 2.56. The summed E-state index contributed by atoms with van der Waals surface area (Å²) >= 11 is 0. The molecule has 0 amide bonds. The van der Waals surface area contributed by atoms with E-state index in [1.165, 1.54) is 83.3 Å². The lowest BCUT2D eigenvalue weighted by Crippen LogP contribution is -2.16. The van der Waals surface area contributed by atoms with E-state index in [1.54, 1.807) is 0 Å². The van der Waals surface area contributed by atoms with Crippen LogP contribution >= 0.6 is 0 Å². The number of aromatic nitrogens is 1. The Hall–Kier alpha value is -7.62. The van der Waals surface area contributed by atoms with E-state index in [0.29, 0.717) is 0 Å². The van der Waals surface area contributed by atoms with Gasteiger partial charge in [0.1, 0.15) is 11.2 Å². The molecule has 288 valence electrons. The third-order valence-corrected chi connectivity index (χ3v) is 13.6. The number of fused-ring (bicyclic) bond motifs is 12. The van der Waals surface area contributed by atoms with Gasteiger partial charge in [0, 0.05) is 39.2 Å². The Balaban J connectivity index is 1.05. The van der Waals surface area contributed by atoms with Crippen LogP contribution in [0.25, 0.3) is 82.8 Å². The molecule has 3 heteroatoms. The van der Waals surface area contributed by atoms with Crippen molar-refractivity contribution in [3.8, 4) is 39.1 Å².